The molecule has 0 nitrogen and oxygen atoms in total. The summed E-state index contributed by atoms with van der Waals surface area (Å²) in [6.07, 6.45) is 8.54. The van der Waals surface area contributed by atoms with E-state index in [1.54, 1.807) is 5.57 Å². The van der Waals surface area contributed by atoms with E-state index >= 15 is 0 Å². The summed E-state index contributed by atoms with van der Waals surface area (Å²) in [7, 11) is 0. The van der Waals surface area contributed by atoms with Gasteiger partial charge in [0, 0.05) is 0 Å². The molecule has 0 aromatic heterocycles. The Hall–Kier alpha value is 0.210. The van der Waals surface area contributed by atoms with Crippen LogP contribution in [0.1, 0.15) is 26.2 Å². The van der Waals surface area contributed by atoms with E-state index in [0.717, 1.165) is 5.92 Å². The van der Waals surface area contributed by atoms with Crippen LogP contribution in [0.3, 0.4) is 0 Å². The number of hydrogen-bond donors (Lipinski definition) is 0. The lowest BCUT2D eigenvalue weighted by Gasteiger charge is -2.02. The molecule has 0 aromatic carbocycles. The highest BCUT2D eigenvalue weighted by Gasteiger charge is 2.16. The lowest BCUT2D eigenvalue weighted by Crippen LogP contribution is -1.88. The second kappa shape index (κ2) is 4.16. The van der Waals surface area contributed by atoms with Gasteiger partial charge in [-0.15, -0.1) is 0 Å². The monoisotopic (exact) mass is 248 g/mol. The zero-order valence-corrected chi connectivity index (χ0v) is 8.47. The topological polar surface area (TPSA) is 0 Å². The highest BCUT2D eigenvalue weighted by molar-refractivity contribution is 14.1. The van der Waals surface area contributed by atoms with Crippen LogP contribution < -0.4 is 0 Å². The summed E-state index contributed by atoms with van der Waals surface area (Å²) >= 11 is 2.35. The van der Waals surface area contributed by atoms with Gasteiger partial charge in [0.15, 0.2) is 0 Å². The Morgan fingerprint density at radius 3 is 3.00 bits per heavy atom. The minimum atomic E-state index is 0.766. The van der Waals surface area contributed by atoms with E-state index < -0.39 is 0 Å². The number of allylic oxidation sites excluding steroid dienone is 3. The Labute approximate surface area is 76.5 Å². The Bertz CT molecular complexity index is 156. The fraction of sp³-hybridized carbons (Fsp3) is 0.556. The van der Waals surface area contributed by atoms with Gasteiger partial charge in [-0.1, -0.05) is 40.3 Å². The average Bonchev–Trinajstić information content (AvgIpc) is 2.36. The first kappa shape index (κ1) is 8.31. The van der Waals surface area contributed by atoms with Crippen LogP contribution in [0.25, 0.3) is 0 Å². The minimum Gasteiger partial charge on any atom is -0.0911 e. The molecule has 0 aliphatic heterocycles. The maximum absolute atomic E-state index is 2.35. The summed E-state index contributed by atoms with van der Waals surface area (Å²) in [5.74, 6) is 0.766. The third kappa shape index (κ3) is 1.84. The molecule has 1 saturated carbocycles. The van der Waals surface area contributed by atoms with Gasteiger partial charge in [-0.2, -0.15) is 0 Å². The van der Waals surface area contributed by atoms with Crippen molar-refractivity contribution in [2.24, 2.45) is 5.92 Å². The molecule has 0 aromatic rings. The van der Waals surface area contributed by atoms with Crippen LogP contribution in [0, 0.1) is 5.92 Å². The standard InChI is InChI=1S/C9H13I/c1-2-4-8-5-3-6-9(8)7-10/h2,4,7-8H,3,5-6H2,1H3/b4-2-,9-7+. The first-order valence-corrected chi connectivity index (χ1v) is 5.05. The largest absolute Gasteiger partial charge is 0.0911 e. The Balaban J connectivity index is 2.59. The van der Waals surface area contributed by atoms with Gasteiger partial charge in [0.2, 0.25) is 0 Å². The molecular weight excluding hydrogens is 235 g/mol. The van der Waals surface area contributed by atoms with Crippen LogP contribution >= 0.6 is 22.6 Å². The molecule has 0 bridgehead atoms. The molecule has 0 spiro atoms. The summed E-state index contributed by atoms with van der Waals surface area (Å²) < 4.78 is 2.25. The van der Waals surface area contributed by atoms with Crippen molar-refractivity contribution in [2.45, 2.75) is 26.2 Å². The Morgan fingerprint density at radius 2 is 2.40 bits per heavy atom. The van der Waals surface area contributed by atoms with Gasteiger partial charge in [-0.05, 0) is 36.2 Å². The predicted molar refractivity (Wildman–Crippen MR) is 54.3 cm³/mol. The molecule has 1 rings (SSSR count). The van der Waals surface area contributed by atoms with E-state index in [1.807, 2.05) is 0 Å². The summed E-state index contributed by atoms with van der Waals surface area (Å²) in [6, 6.07) is 0. The summed E-state index contributed by atoms with van der Waals surface area (Å²) in [5.41, 5.74) is 1.62. The number of halogens is 1. The Kier molecular flexibility index (Phi) is 3.46. The highest BCUT2D eigenvalue weighted by Crippen LogP contribution is 2.32. The van der Waals surface area contributed by atoms with Gasteiger partial charge < -0.3 is 0 Å². The van der Waals surface area contributed by atoms with E-state index in [-0.39, 0.29) is 0 Å². The molecule has 10 heavy (non-hydrogen) atoms. The van der Waals surface area contributed by atoms with Crippen molar-refractivity contribution in [3.63, 3.8) is 0 Å². The zero-order chi connectivity index (χ0) is 7.40. The molecule has 0 N–H and O–H groups in total. The van der Waals surface area contributed by atoms with E-state index in [1.165, 1.54) is 19.3 Å². The maximum Gasteiger partial charge on any atom is -0.00157 e. The fourth-order valence-electron chi connectivity index (χ4n) is 1.48. The summed E-state index contributed by atoms with van der Waals surface area (Å²) in [5, 5.41) is 0. The lowest BCUT2D eigenvalue weighted by atomic mass is 10.0. The summed E-state index contributed by atoms with van der Waals surface area (Å²) in [6.45, 7) is 2.10. The minimum absolute atomic E-state index is 0.766. The third-order valence-electron chi connectivity index (χ3n) is 2.02. The van der Waals surface area contributed by atoms with Crippen molar-refractivity contribution in [3.8, 4) is 0 Å². The van der Waals surface area contributed by atoms with E-state index in [0.29, 0.717) is 0 Å². The number of hydrogen-bond acceptors (Lipinski definition) is 0. The van der Waals surface area contributed by atoms with Crippen LogP contribution in [0.4, 0.5) is 0 Å². The molecule has 1 aliphatic carbocycles. The zero-order valence-electron chi connectivity index (χ0n) is 6.31. The molecule has 1 heteroatoms. The van der Waals surface area contributed by atoms with Crippen molar-refractivity contribution >= 4 is 22.6 Å². The smallest absolute Gasteiger partial charge is 0.00157 e. The van der Waals surface area contributed by atoms with Crippen molar-refractivity contribution in [3.05, 3.63) is 21.8 Å². The molecule has 0 saturated heterocycles. The lowest BCUT2D eigenvalue weighted by molar-refractivity contribution is 0.765. The van der Waals surface area contributed by atoms with Crippen LogP contribution in [-0.4, -0.2) is 0 Å². The van der Waals surface area contributed by atoms with Crippen LogP contribution in [0.5, 0.6) is 0 Å². The van der Waals surface area contributed by atoms with Crippen molar-refractivity contribution in [1.29, 1.82) is 0 Å². The SMILES string of the molecule is C/C=C\C1CCC/C1=C\I. The summed E-state index contributed by atoms with van der Waals surface area (Å²) in [4.78, 5) is 0. The van der Waals surface area contributed by atoms with Crippen molar-refractivity contribution in [1.82, 2.24) is 0 Å². The van der Waals surface area contributed by atoms with Gasteiger partial charge in [0.05, 0.1) is 0 Å². The molecule has 1 atom stereocenters. The second-order valence-electron chi connectivity index (χ2n) is 2.71. The number of rotatable bonds is 1. The molecule has 1 aliphatic rings. The first-order chi connectivity index (χ1) is 4.88. The normalized spacial score (nSPS) is 30.6. The highest BCUT2D eigenvalue weighted by atomic mass is 127. The van der Waals surface area contributed by atoms with Crippen LogP contribution in [0.2, 0.25) is 0 Å². The maximum atomic E-state index is 2.35. The quantitative estimate of drug-likeness (QED) is 0.490. The molecular formula is C9H13I. The fourth-order valence-corrected chi connectivity index (χ4v) is 2.26. The molecule has 1 unspecified atom stereocenters. The molecule has 56 valence electrons. The van der Waals surface area contributed by atoms with Gasteiger partial charge in [0.1, 0.15) is 0 Å². The van der Waals surface area contributed by atoms with E-state index in [2.05, 4.69) is 45.7 Å². The molecule has 0 radical (unpaired) electrons. The van der Waals surface area contributed by atoms with E-state index in [4.69, 9.17) is 0 Å². The molecule has 0 amide bonds. The van der Waals surface area contributed by atoms with Gasteiger partial charge in [0.25, 0.3) is 0 Å². The van der Waals surface area contributed by atoms with Gasteiger partial charge >= 0.3 is 0 Å². The first-order valence-electron chi connectivity index (χ1n) is 3.80. The third-order valence-corrected chi connectivity index (χ3v) is 2.82. The molecule has 0 heterocycles. The van der Waals surface area contributed by atoms with Crippen LogP contribution in [-0.2, 0) is 0 Å². The molecule has 1 fully saturated rings. The Morgan fingerprint density at radius 1 is 1.60 bits per heavy atom. The predicted octanol–water partition coefficient (Wildman–Crippen LogP) is 3.68. The van der Waals surface area contributed by atoms with Gasteiger partial charge in [-0.25, -0.2) is 0 Å². The van der Waals surface area contributed by atoms with E-state index in [9.17, 15) is 0 Å². The van der Waals surface area contributed by atoms with Gasteiger partial charge in [-0.3, -0.25) is 0 Å². The second-order valence-corrected chi connectivity index (χ2v) is 3.33. The van der Waals surface area contributed by atoms with Crippen molar-refractivity contribution < 1.29 is 0 Å². The average molecular weight is 248 g/mol. The van der Waals surface area contributed by atoms with Crippen molar-refractivity contribution in [2.75, 3.05) is 0 Å². The van der Waals surface area contributed by atoms with Crippen LogP contribution in [0.15, 0.2) is 21.8 Å².